The van der Waals surface area contributed by atoms with Crippen LogP contribution in [0.4, 0.5) is 5.00 Å². The lowest BCUT2D eigenvalue weighted by Gasteiger charge is -2.05. The summed E-state index contributed by atoms with van der Waals surface area (Å²) in [6.07, 6.45) is 0.873. The van der Waals surface area contributed by atoms with E-state index in [1.165, 1.54) is 11.3 Å². The lowest BCUT2D eigenvalue weighted by molar-refractivity contribution is -0.116. The number of amides is 1. The van der Waals surface area contributed by atoms with Crippen molar-refractivity contribution in [3.05, 3.63) is 77.2 Å². The summed E-state index contributed by atoms with van der Waals surface area (Å²) in [7, 11) is 0. The second-order valence-electron chi connectivity index (χ2n) is 6.34. The molecule has 4 aromatic rings. The van der Waals surface area contributed by atoms with E-state index >= 15 is 0 Å². The summed E-state index contributed by atoms with van der Waals surface area (Å²) < 4.78 is 5.80. The molecule has 0 aliphatic carbocycles. The number of carboxylic acid groups (broad SMARTS) is 1. The fourth-order valence-corrected chi connectivity index (χ4v) is 4.01. The molecule has 2 heterocycles. The molecule has 2 aromatic carbocycles. The predicted molar refractivity (Wildman–Crippen MR) is 110 cm³/mol. The second kappa shape index (κ2) is 7.70. The maximum Gasteiger partial charge on any atom is 0.339 e. The van der Waals surface area contributed by atoms with E-state index in [4.69, 9.17) is 4.42 Å². The first-order valence-corrected chi connectivity index (χ1v) is 9.67. The van der Waals surface area contributed by atoms with Gasteiger partial charge in [0.2, 0.25) is 5.91 Å². The Kier molecular flexibility index (Phi) is 4.95. The first-order valence-electron chi connectivity index (χ1n) is 8.79. The van der Waals surface area contributed by atoms with Crippen molar-refractivity contribution in [3.63, 3.8) is 0 Å². The minimum atomic E-state index is -1.10. The molecule has 0 radical (unpaired) electrons. The third-order valence-corrected chi connectivity index (χ3v) is 5.33. The highest BCUT2D eigenvalue weighted by atomic mass is 32.1. The van der Waals surface area contributed by atoms with E-state index in [9.17, 15) is 14.7 Å². The molecule has 0 atom stereocenters. The van der Waals surface area contributed by atoms with E-state index in [1.54, 1.807) is 5.38 Å². The topological polar surface area (TPSA) is 79.5 Å². The number of furan rings is 1. The summed E-state index contributed by atoms with van der Waals surface area (Å²) in [5.74, 6) is -0.848. The molecule has 0 saturated heterocycles. The molecule has 2 aromatic heterocycles. The van der Waals surface area contributed by atoms with Gasteiger partial charge in [0.15, 0.2) is 0 Å². The molecular weight excluding hydrogens is 374 g/mol. The third-order valence-electron chi connectivity index (χ3n) is 4.43. The predicted octanol–water partition coefficient (Wildman–Crippen LogP) is 5.43. The molecular formula is C22H17NO4S. The SMILES string of the molecule is O=C(CCc1ccccc1)Nc1scc(-c2cc3ccccc3o2)c1C(=O)O. The monoisotopic (exact) mass is 391 g/mol. The number of carbonyl (C=O) groups is 2. The number of nitrogens with one attached hydrogen (secondary N) is 1. The van der Waals surface area contributed by atoms with Gasteiger partial charge in [-0.05, 0) is 24.1 Å². The summed E-state index contributed by atoms with van der Waals surface area (Å²) in [5, 5.41) is 15.4. The third kappa shape index (κ3) is 3.68. The molecule has 0 aliphatic rings. The van der Waals surface area contributed by atoms with Gasteiger partial charge < -0.3 is 14.8 Å². The van der Waals surface area contributed by atoms with Crippen LogP contribution in [-0.4, -0.2) is 17.0 Å². The van der Waals surface area contributed by atoms with Crippen molar-refractivity contribution in [2.24, 2.45) is 0 Å². The maximum absolute atomic E-state index is 12.3. The highest BCUT2D eigenvalue weighted by Gasteiger charge is 2.23. The Morgan fingerprint density at radius 2 is 1.79 bits per heavy atom. The Balaban J connectivity index is 1.56. The zero-order valence-electron chi connectivity index (χ0n) is 14.8. The largest absolute Gasteiger partial charge is 0.478 e. The average molecular weight is 391 g/mol. The van der Waals surface area contributed by atoms with Crippen molar-refractivity contribution < 1.29 is 19.1 Å². The van der Waals surface area contributed by atoms with Crippen molar-refractivity contribution in [2.45, 2.75) is 12.8 Å². The van der Waals surface area contributed by atoms with Crippen LogP contribution in [0.1, 0.15) is 22.3 Å². The van der Waals surface area contributed by atoms with E-state index in [0.29, 0.717) is 28.3 Å². The van der Waals surface area contributed by atoms with Crippen LogP contribution < -0.4 is 5.32 Å². The van der Waals surface area contributed by atoms with E-state index in [0.717, 1.165) is 10.9 Å². The average Bonchev–Trinajstić information content (AvgIpc) is 3.31. The standard InChI is InChI=1S/C22H17NO4S/c24-19(11-10-14-6-2-1-3-7-14)23-21-20(22(25)26)16(13-28-21)18-12-15-8-4-5-9-17(15)27-18/h1-9,12-13H,10-11H2,(H,23,24)(H,25,26). The van der Waals surface area contributed by atoms with Crippen molar-refractivity contribution in [2.75, 3.05) is 5.32 Å². The summed E-state index contributed by atoms with van der Waals surface area (Å²) >= 11 is 1.19. The Labute approximate surface area is 165 Å². The zero-order valence-corrected chi connectivity index (χ0v) is 15.7. The molecule has 6 heteroatoms. The van der Waals surface area contributed by atoms with Gasteiger partial charge in [0.25, 0.3) is 0 Å². The van der Waals surface area contributed by atoms with Crippen LogP contribution >= 0.6 is 11.3 Å². The number of aryl methyl sites for hydroxylation is 1. The zero-order chi connectivity index (χ0) is 19.5. The van der Waals surface area contributed by atoms with Crippen molar-refractivity contribution in [1.29, 1.82) is 0 Å². The van der Waals surface area contributed by atoms with Gasteiger partial charge in [0, 0.05) is 22.8 Å². The number of benzene rings is 2. The molecule has 0 saturated carbocycles. The van der Waals surface area contributed by atoms with Gasteiger partial charge in [-0.2, -0.15) is 0 Å². The normalized spacial score (nSPS) is 10.9. The second-order valence-corrected chi connectivity index (χ2v) is 7.22. The Hall–Kier alpha value is -3.38. The van der Waals surface area contributed by atoms with Crippen LogP contribution in [0.2, 0.25) is 0 Å². The number of carboxylic acids is 1. The summed E-state index contributed by atoms with van der Waals surface area (Å²) in [6, 6.07) is 19.0. The summed E-state index contributed by atoms with van der Waals surface area (Å²) in [4.78, 5) is 24.2. The van der Waals surface area contributed by atoms with E-state index in [2.05, 4.69) is 5.32 Å². The van der Waals surface area contributed by atoms with Crippen LogP contribution in [0, 0.1) is 0 Å². The quantitative estimate of drug-likeness (QED) is 0.459. The van der Waals surface area contributed by atoms with Crippen molar-refractivity contribution >= 4 is 39.2 Å². The van der Waals surface area contributed by atoms with Gasteiger partial charge in [-0.15, -0.1) is 11.3 Å². The number of anilines is 1. The van der Waals surface area contributed by atoms with Gasteiger partial charge in [-0.3, -0.25) is 4.79 Å². The number of thiophene rings is 1. The van der Waals surface area contributed by atoms with Crippen LogP contribution in [0.3, 0.4) is 0 Å². The van der Waals surface area contributed by atoms with Gasteiger partial charge in [-0.1, -0.05) is 48.5 Å². The molecule has 4 rings (SSSR count). The van der Waals surface area contributed by atoms with Gasteiger partial charge in [0.1, 0.15) is 21.9 Å². The van der Waals surface area contributed by atoms with E-state index in [1.807, 2.05) is 60.7 Å². The van der Waals surface area contributed by atoms with Crippen LogP contribution in [-0.2, 0) is 11.2 Å². The fraction of sp³-hybridized carbons (Fsp3) is 0.0909. The Morgan fingerprint density at radius 3 is 2.54 bits per heavy atom. The molecule has 0 bridgehead atoms. The molecule has 0 fully saturated rings. The summed E-state index contributed by atoms with van der Waals surface area (Å²) in [6.45, 7) is 0. The molecule has 2 N–H and O–H groups in total. The highest BCUT2D eigenvalue weighted by Crippen LogP contribution is 2.38. The lowest BCUT2D eigenvalue weighted by Crippen LogP contribution is -2.13. The molecule has 5 nitrogen and oxygen atoms in total. The van der Waals surface area contributed by atoms with Crippen molar-refractivity contribution in [1.82, 2.24) is 0 Å². The first-order chi connectivity index (χ1) is 13.6. The molecule has 28 heavy (non-hydrogen) atoms. The van der Waals surface area contributed by atoms with Gasteiger partial charge >= 0.3 is 5.97 Å². The number of hydrogen-bond donors (Lipinski definition) is 2. The maximum atomic E-state index is 12.3. The molecule has 0 unspecified atom stereocenters. The number of carbonyl (C=O) groups excluding carboxylic acids is 1. The Bertz CT molecular complexity index is 1110. The minimum absolute atomic E-state index is 0.0529. The molecule has 0 spiro atoms. The number of fused-ring (bicyclic) bond motifs is 1. The number of para-hydroxylation sites is 1. The highest BCUT2D eigenvalue weighted by molar-refractivity contribution is 7.15. The fourth-order valence-electron chi connectivity index (χ4n) is 3.05. The number of rotatable bonds is 6. The first kappa shape index (κ1) is 18.0. The number of hydrogen-bond acceptors (Lipinski definition) is 4. The number of aromatic carboxylic acids is 1. The molecule has 0 aliphatic heterocycles. The molecule has 140 valence electrons. The van der Waals surface area contributed by atoms with Crippen LogP contribution in [0.5, 0.6) is 0 Å². The Morgan fingerprint density at radius 1 is 1.04 bits per heavy atom. The smallest absolute Gasteiger partial charge is 0.339 e. The van der Waals surface area contributed by atoms with E-state index < -0.39 is 5.97 Å². The molecule has 1 amide bonds. The van der Waals surface area contributed by atoms with Crippen LogP contribution in [0.25, 0.3) is 22.3 Å². The minimum Gasteiger partial charge on any atom is -0.478 e. The van der Waals surface area contributed by atoms with E-state index in [-0.39, 0.29) is 17.9 Å². The van der Waals surface area contributed by atoms with Gasteiger partial charge in [0.05, 0.1) is 0 Å². The van der Waals surface area contributed by atoms with Gasteiger partial charge in [-0.25, -0.2) is 4.79 Å². The van der Waals surface area contributed by atoms with Crippen molar-refractivity contribution in [3.8, 4) is 11.3 Å². The lowest BCUT2D eigenvalue weighted by atomic mass is 10.1. The van der Waals surface area contributed by atoms with Crippen LogP contribution in [0.15, 0.2) is 70.5 Å². The summed E-state index contributed by atoms with van der Waals surface area (Å²) in [5.41, 5.74) is 2.27.